The second-order valence-electron chi connectivity index (χ2n) is 5.81. The van der Waals surface area contributed by atoms with Crippen molar-refractivity contribution < 1.29 is 9.90 Å². The van der Waals surface area contributed by atoms with E-state index in [1.165, 1.54) is 6.42 Å². The summed E-state index contributed by atoms with van der Waals surface area (Å²) >= 11 is 0. The van der Waals surface area contributed by atoms with E-state index in [4.69, 9.17) is 0 Å². The summed E-state index contributed by atoms with van der Waals surface area (Å²) in [5, 5.41) is 12.7. The predicted octanol–water partition coefficient (Wildman–Crippen LogP) is 3.69. The molecule has 0 spiro atoms. The number of para-hydroxylation sites is 1. The Morgan fingerprint density at radius 3 is 2.74 bits per heavy atom. The van der Waals surface area contributed by atoms with E-state index < -0.39 is 12.0 Å². The van der Waals surface area contributed by atoms with Crippen molar-refractivity contribution in [3.8, 4) is 0 Å². The van der Waals surface area contributed by atoms with E-state index in [9.17, 15) is 9.90 Å². The third-order valence-electron chi connectivity index (χ3n) is 4.17. The van der Waals surface area contributed by atoms with Crippen LogP contribution < -0.4 is 5.32 Å². The van der Waals surface area contributed by atoms with Crippen molar-refractivity contribution in [2.45, 2.75) is 45.6 Å². The van der Waals surface area contributed by atoms with Gasteiger partial charge in [-0.05, 0) is 43.2 Å². The zero-order chi connectivity index (χ0) is 13.8. The van der Waals surface area contributed by atoms with E-state index >= 15 is 0 Å². The molecule has 1 fully saturated rings. The second kappa shape index (κ2) is 6.09. The minimum Gasteiger partial charge on any atom is -0.480 e. The predicted molar refractivity (Wildman–Crippen MR) is 77.3 cm³/mol. The zero-order valence-electron chi connectivity index (χ0n) is 11.7. The van der Waals surface area contributed by atoms with Crippen LogP contribution in [-0.4, -0.2) is 17.1 Å². The fourth-order valence-electron chi connectivity index (χ4n) is 3.07. The van der Waals surface area contributed by atoms with E-state index in [1.807, 2.05) is 31.2 Å². The first-order valence-corrected chi connectivity index (χ1v) is 7.13. The van der Waals surface area contributed by atoms with Crippen molar-refractivity contribution in [1.82, 2.24) is 0 Å². The van der Waals surface area contributed by atoms with E-state index in [2.05, 4.69) is 12.2 Å². The lowest BCUT2D eigenvalue weighted by Gasteiger charge is -2.32. The lowest BCUT2D eigenvalue weighted by molar-refractivity contribution is -0.139. The molecule has 2 rings (SSSR count). The summed E-state index contributed by atoms with van der Waals surface area (Å²) in [6.45, 7) is 4.23. The van der Waals surface area contributed by atoms with Crippen LogP contribution in [0.3, 0.4) is 0 Å². The summed E-state index contributed by atoms with van der Waals surface area (Å²) in [4.78, 5) is 11.6. The van der Waals surface area contributed by atoms with Gasteiger partial charge in [0.1, 0.15) is 6.04 Å². The number of benzene rings is 1. The molecule has 3 nitrogen and oxygen atoms in total. The molecule has 3 heteroatoms. The minimum atomic E-state index is -0.734. The van der Waals surface area contributed by atoms with E-state index in [1.54, 1.807) is 0 Å². The summed E-state index contributed by atoms with van der Waals surface area (Å²) in [6, 6.07) is 7.41. The topological polar surface area (TPSA) is 49.3 Å². The monoisotopic (exact) mass is 261 g/mol. The summed E-state index contributed by atoms with van der Waals surface area (Å²) < 4.78 is 0. The van der Waals surface area contributed by atoms with Crippen LogP contribution in [-0.2, 0) is 4.79 Å². The first-order valence-electron chi connectivity index (χ1n) is 7.13. The number of anilines is 1. The van der Waals surface area contributed by atoms with E-state index in [-0.39, 0.29) is 5.92 Å². The van der Waals surface area contributed by atoms with E-state index in [0.717, 1.165) is 30.5 Å². The maximum Gasteiger partial charge on any atom is 0.326 e. The Hall–Kier alpha value is -1.51. The molecule has 1 aliphatic rings. The molecule has 0 bridgehead atoms. The molecule has 1 saturated carbocycles. The molecule has 0 aromatic heterocycles. The van der Waals surface area contributed by atoms with Gasteiger partial charge in [0.25, 0.3) is 0 Å². The molecule has 0 heterocycles. The third kappa shape index (κ3) is 3.49. The Labute approximate surface area is 115 Å². The van der Waals surface area contributed by atoms with Crippen LogP contribution in [0.15, 0.2) is 24.3 Å². The molecule has 3 atom stereocenters. The smallest absolute Gasteiger partial charge is 0.326 e. The number of aliphatic carboxylic acids is 1. The molecule has 0 aliphatic heterocycles. The van der Waals surface area contributed by atoms with E-state index in [0.29, 0.717) is 5.92 Å². The average molecular weight is 261 g/mol. The number of carbonyl (C=O) groups is 1. The van der Waals surface area contributed by atoms with Gasteiger partial charge in [0.05, 0.1) is 0 Å². The highest BCUT2D eigenvalue weighted by Crippen LogP contribution is 2.32. The Bertz CT molecular complexity index is 444. The van der Waals surface area contributed by atoms with Crippen LogP contribution in [0, 0.1) is 18.8 Å². The van der Waals surface area contributed by atoms with Crippen molar-refractivity contribution >= 4 is 11.7 Å². The first-order chi connectivity index (χ1) is 9.08. The highest BCUT2D eigenvalue weighted by molar-refractivity contribution is 5.78. The van der Waals surface area contributed by atoms with Crippen LogP contribution in [0.5, 0.6) is 0 Å². The largest absolute Gasteiger partial charge is 0.480 e. The molecule has 3 unspecified atom stereocenters. The second-order valence-corrected chi connectivity index (χ2v) is 5.81. The standard InChI is InChI=1S/C16H23NO2/c1-11-6-5-8-13(10-11)15(16(18)19)17-14-9-4-3-7-12(14)2/h3-4,7,9,11,13,15,17H,5-6,8,10H2,1-2H3,(H,18,19). The van der Waals surface area contributed by atoms with Gasteiger partial charge in [-0.2, -0.15) is 0 Å². The number of hydrogen-bond acceptors (Lipinski definition) is 2. The van der Waals surface area contributed by atoms with Gasteiger partial charge in [0.2, 0.25) is 0 Å². The average Bonchev–Trinajstić information content (AvgIpc) is 2.37. The van der Waals surface area contributed by atoms with Crippen LogP contribution >= 0.6 is 0 Å². The zero-order valence-corrected chi connectivity index (χ0v) is 11.7. The van der Waals surface area contributed by atoms with Crippen LogP contribution in [0.4, 0.5) is 5.69 Å². The van der Waals surface area contributed by atoms with Crippen molar-refractivity contribution in [2.75, 3.05) is 5.32 Å². The van der Waals surface area contributed by atoms with Gasteiger partial charge in [0, 0.05) is 5.69 Å². The van der Waals surface area contributed by atoms with Gasteiger partial charge in [-0.3, -0.25) is 0 Å². The lowest BCUT2D eigenvalue weighted by atomic mass is 9.78. The fraction of sp³-hybridized carbons (Fsp3) is 0.562. The maximum atomic E-state index is 11.6. The molecule has 19 heavy (non-hydrogen) atoms. The van der Waals surface area contributed by atoms with Crippen molar-refractivity contribution in [2.24, 2.45) is 11.8 Å². The van der Waals surface area contributed by atoms with Gasteiger partial charge in [-0.15, -0.1) is 0 Å². The molecule has 1 aromatic carbocycles. The number of nitrogens with one attached hydrogen (secondary N) is 1. The molecule has 0 saturated heterocycles. The van der Waals surface area contributed by atoms with Crippen LogP contribution in [0.25, 0.3) is 0 Å². The molecule has 1 aromatic rings. The maximum absolute atomic E-state index is 11.6. The molecular formula is C16H23NO2. The molecule has 0 amide bonds. The number of carboxylic acids is 1. The highest BCUT2D eigenvalue weighted by atomic mass is 16.4. The summed E-state index contributed by atoms with van der Waals surface area (Å²) in [6.07, 6.45) is 4.40. The Balaban J connectivity index is 2.12. The molecule has 1 aliphatic carbocycles. The number of rotatable bonds is 4. The quantitative estimate of drug-likeness (QED) is 0.869. The summed E-state index contributed by atoms with van der Waals surface area (Å²) in [5.74, 6) is 0.141. The lowest BCUT2D eigenvalue weighted by Crippen LogP contribution is -2.39. The van der Waals surface area contributed by atoms with Gasteiger partial charge < -0.3 is 10.4 Å². The fourth-order valence-corrected chi connectivity index (χ4v) is 3.07. The summed E-state index contributed by atoms with van der Waals surface area (Å²) in [5.41, 5.74) is 2.03. The highest BCUT2D eigenvalue weighted by Gasteiger charge is 2.31. The normalized spacial score (nSPS) is 24.7. The Kier molecular flexibility index (Phi) is 4.46. The number of aryl methyl sites for hydroxylation is 1. The number of carboxylic acid groups (broad SMARTS) is 1. The van der Waals surface area contributed by atoms with Crippen molar-refractivity contribution in [1.29, 1.82) is 0 Å². The van der Waals surface area contributed by atoms with Gasteiger partial charge in [-0.1, -0.05) is 38.0 Å². The van der Waals surface area contributed by atoms with Crippen molar-refractivity contribution in [3.63, 3.8) is 0 Å². The molecule has 0 radical (unpaired) electrons. The SMILES string of the molecule is Cc1ccccc1NC(C(=O)O)C1CCCC(C)C1. The minimum absolute atomic E-state index is 0.237. The van der Waals surface area contributed by atoms with Crippen LogP contribution in [0.2, 0.25) is 0 Å². The first kappa shape index (κ1) is 13.9. The van der Waals surface area contributed by atoms with Gasteiger partial charge in [0.15, 0.2) is 0 Å². The van der Waals surface area contributed by atoms with Gasteiger partial charge >= 0.3 is 5.97 Å². The summed E-state index contributed by atoms with van der Waals surface area (Å²) in [7, 11) is 0. The Morgan fingerprint density at radius 2 is 2.11 bits per heavy atom. The molecule has 2 N–H and O–H groups in total. The van der Waals surface area contributed by atoms with Crippen LogP contribution in [0.1, 0.15) is 38.2 Å². The molecular weight excluding hydrogens is 238 g/mol. The third-order valence-corrected chi connectivity index (χ3v) is 4.17. The van der Waals surface area contributed by atoms with Gasteiger partial charge in [-0.25, -0.2) is 4.79 Å². The molecule has 104 valence electrons. The number of hydrogen-bond donors (Lipinski definition) is 2. The Morgan fingerprint density at radius 1 is 1.37 bits per heavy atom. The van der Waals surface area contributed by atoms with Crippen molar-refractivity contribution in [3.05, 3.63) is 29.8 Å².